The van der Waals surface area contributed by atoms with E-state index in [0.29, 0.717) is 17.6 Å². The Hall–Kier alpha value is -0.710. The minimum absolute atomic E-state index is 0.0467. The van der Waals surface area contributed by atoms with Crippen LogP contribution in [0.5, 0.6) is 11.5 Å². The lowest BCUT2D eigenvalue weighted by atomic mass is 9.66. The maximum atomic E-state index is 11.0. The van der Waals surface area contributed by atoms with Crippen LogP contribution in [0.4, 0.5) is 0 Å². The molecule has 3 heteroatoms. The van der Waals surface area contributed by atoms with Crippen LogP contribution in [-0.2, 0) is 5.41 Å². The minimum Gasteiger partial charge on any atom is -0.508 e. The van der Waals surface area contributed by atoms with Crippen LogP contribution in [0.1, 0.15) is 83.8 Å². The highest BCUT2D eigenvalue weighted by Gasteiger charge is 2.46. The Labute approximate surface area is 172 Å². The van der Waals surface area contributed by atoms with Crippen molar-refractivity contribution >= 4 is 22.6 Å². The fraction of sp³-hybridized carbons (Fsp3) is 0.652. The number of phenolic OH excluding ortho intramolecular Hbond substituents is 1. The number of rotatable bonds is 5. The Morgan fingerprint density at radius 2 is 2.00 bits per heavy atom. The monoisotopic (exact) mass is 468 g/mol. The van der Waals surface area contributed by atoms with Crippen molar-refractivity contribution in [1.29, 1.82) is 0 Å². The van der Waals surface area contributed by atoms with E-state index in [2.05, 4.69) is 69.4 Å². The summed E-state index contributed by atoms with van der Waals surface area (Å²) in [7, 11) is 0. The van der Waals surface area contributed by atoms with E-state index in [-0.39, 0.29) is 11.0 Å². The van der Waals surface area contributed by atoms with Gasteiger partial charge in [0, 0.05) is 17.4 Å². The van der Waals surface area contributed by atoms with Gasteiger partial charge in [0.2, 0.25) is 0 Å². The van der Waals surface area contributed by atoms with Crippen LogP contribution < -0.4 is 4.74 Å². The number of benzene rings is 1. The van der Waals surface area contributed by atoms with Gasteiger partial charge in [0.05, 0.1) is 0 Å². The van der Waals surface area contributed by atoms with Crippen molar-refractivity contribution in [2.75, 3.05) is 4.43 Å². The summed E-state index contributed by atoms with van der Waals surface area (Å²) in [5, 5.41) is 11.0. The van der Waals surface area contributed by atoms with Crippen molar-refractivity contribution in [3.63, 3.8) is 0 Å². The van der Waals surface area contributed by atoms with Crippen molar-refractivity contribution < 1.29 is 9.84 Å². The smallest absolute Gasteiger partial charge is 0.127 e. The van der Waals surface area contributed by atoms with Crippen LogP contribution >= 0.6 is 22.6 Å². The van der Waals surface area contributed by atoms with Gasteiger partial charge in [-0.2, -0.15) is 0 Å². The Kier molecular flexibility index (Phi) is 5.68. The van der Waals surface area contributed by atoms with Crippen LogP contribution in [-0.4, -0.2) is 15.1 Å². The SMILES string of the molecule is CC1=CCC2[C@@H](C1)c1c(O)cc(C(C)(C)CCCCI)cc1OC2(C)C. The van der Waals surface area contributed by atoms with E-state index >= 15 is 0 Å². The minimum atomic E-state index is -0.203. The van der Waals surface area contributed by atoms with E-state index in [1.807, 2.05) is 6.07 Å². The highest BCUT2D eigenvalue weighted by atomic mass is 127. The summed E-state index contributed by atoms with van der Waals surface area (Å²) < 4.78 is 7.68. The van der Waals surface area contributed by atoms with Gasteiger partial charge in [-0.15, -0.1) is 0 Å². The van der Waals surface area contributed by atoms with Crippen LogP contribution in [0.25, 0.3) is 0 Å². The van der Waals surface area contributed by atoms with E-state index in [9.17, 15) is 5.11 Å². The summed E-state index contributed by atoms with van der Waals surface area (Å²) in [6.45, 7) is 11.2. The maximum Gasteiger partial charge on any atom is 0.127 e. The molecule has 0 radical (unpaired) electrons. The predicted molar refractivity (Wildman–Crippen MR) is 118 cm³/mol. The zero-order valence-corrected chi connectivity index (χ0v) is 19.0. The molecule has 0 saturated carbocycles. The molecule has 2 atom stereocenters. The molecular formula is C23H33IO2. The molecule has 0 amide bonds. The second-order valence-electron chi connectivity index (χ2n) is 9.35. The molecule has 1 aromatic carbocycles. The second-order valence-corrected chi connectivity index (χ2v) is 10.4. The predicted octanol–water partition coefficient (Wildman–Crippen LogP) is 6.89. The van der Waals surface area contributed by atoms with E-state index in [0.717, 1.165) is 30.6 Å². The zero-order valence-electron chi connectivity index (χ0n) is 16.9. The van der Waals surface area contributed by atoms with Gasteiger partial charge >= 0.3 is 0 Å². The highest BCUT2D eigenvalue weighted by Crippen LogP contribution is 2.54. The number of unbranched alkanes of at least 4 members (excludes halogenated alkanes) is 1. The van der Waals surface area contributed by atoms with Crippen molar-refractivity contribution in [3.8, 4) is 11.5 Å². The quantitative estimate of drug-likeness (QED) is 0.221. The zero-order chi connectivity index (χ0) is 19.1. The topological polar surface area (TPSA) is 29.5 Å². The summed E-state index contributed by atoms with van der Waals surface area (Å²) >= 11 is 2.45. The molecule has 1 aromatic rings. The first kappa shape index (κ1) is 20.0. The lowest BCUT2D eigenvalue weighted by molar-refractivity contribution is 0.00741. The molecule has 0 aromatic heterocycles. The number of halogens is 1. The first-order chi connectivity index (χ1) is 12.2. The highest BCUT2D eigenvalue weighted by molar-refractivity contribution is 14.1. The van der Waals surface area contributed by atoms with Gasteiger partial charge in [0.15, 0.2) is 0 Å². The number of hydrogen-bond donors (Lipinski definition) is 1. The van der Waals surface area contributed by atoms with E-state index in [1.54, 1.807) is 0 Å². The van der Waals surface area contributed by atoms with Gasteiger partial charge in [-0.1, -0.05) is 54.5 Å². The third kappa shape index (κ3) is 3.79. The van der Waals surface area contributed by atoms with Gasteiger partial charge < -0.3 is 9.84 Å². The molecule has 1 aliphatic heterocycles. The lowest BCUT2D eigenvalue weighted by Gasteiger charge is -2.47. The van der Waals surface area contributed by atoms with Crippen LogP contribution in [0.2, 0.25) is 0 Å². The Morgan fingerprint density at radius 1 is 1.27 bits per heavy atom. The Bertz CT molecular complexity index is 702. The molecule has 2 nitrogen and oxygen atoms in total. The molecule has 0 fully saturated rings. The molecule has 1 N–H and O–H groups in total. The molecule has 0 spiro atoms. The van der Waals surface area contributed by atoms with Gasteiger partial charge in [-0.25, -0.2) is 0 Å². The van der Waals surface area contributed by atoms with Gasteiger partial charge in [0.1, 0.15) is 17.1 Å². The number of ether oxygens (including phenoxy) is 1. The van der Waals surface area contributed by atoms with Crippen molar-refractivity contribution in [2.45, 2.75) is 83.7 Å². The van der Waals surface area contributed by atoms with E-state index in [1.165, 1.54) is 28.4 Å². The summed E-state index contributed by atoms with van der Waals surface area (Å²) in [5.74, 6) is 2.12. The molecule has 1 unspecified atom stereocenters. The normalized spacial score (nSPS) is 24.3. The van der Waals surface area contributed by atoms with Gasteiger partial charge in [-0.3, -0.25) is 0 Å². The molecule has 0 saturated heterocycles. The first-order valence-electron chi connectivity index (χ1n) is 9.94. The third-order valence-corrected chi connectivity index (χ3v) is 7.23. The number of fused-ring (bicyclic) bond motifs is 3. The maximum absolute atomic E-state index is 11.0. The standard InChI is InChI=1S/C23H33IO2/c1-15-8-9-18-17(12-15)21-19(25)13-16(14-20(21)26-23(18,4)5)22(2,3)10-6-7-11-24/h8,13-14,17-18,25H,6-7,9-12H2,1-5H3/t17-,18?/m1/s1. The third-order valence-electron chi connectivity index (χ3n) is 6.47. The van der Waals surface area contributed by atoms with Crippen LogP contribution in [0.15, 0.2) is 23.8 Å². The molecule has 1 aliphatic carbocycles. The van der Waals surface area contributed by atoms with Gasteiger partial charge in [-0.05, 0) is 74.0 Å². The number of phenols is 1. The average Bonchev–Trinajstić information content (AvgIpc) is 2.53. The summed E-state index contributed by atoms with van der Waals surface area (Å²) in [6, 6.07) is 4.22. The van der Waals surface area contributed by atoms with Crippen LogP contribution in [0.3, 0.4) is 0 Å². The summed E-state index contributed by atoms with van der Waals surface area (Å²) in [5.41, 5.74) is 3.50. The van der Waals surface area contributed by atoms with Gasteiger partial charge in [0.25, 0.3) is 0 Å². The molecule has 0 bridgehead atoms. The largest absolute Gasteiger partial charge is 0.508 e. The molecule has 144 valence electrons. The average molecular weight is 468 g/mol. The Morgan fingerprint density at radius 3 is 2.69 bits per heavy atom. The molecule has 26 heavy (non-hydrogen) atoms. The van der Waals surface area contributed by atoms with Crippen molar-refractivity contribution in [3.05, 3.63) is 34.9 Å². The van der Waals surface area contributed by atoms with Crippen molar-refractivity contribution in [1.82, 2.24) is 0 Å². The summed E-state index contributed by atoms with van der Waals surface area (Å²) in [6.07, 6.45) is 8.00. The van der Waals surface area contributed by atoms with E-state index in [4.69, 9.17) is 4.74 Å². The van der Waals surface area contributed by atoms with Crippen molar-refractivity contribution in [2.24, 2.45) is 5.92 Å². The fourth-order valence-electron chi connectivity index (χ4n) is 4.76. The number of alkyl halides is 1. The number of allylic oxidation sites excluding steroid dienone is 2. The lowest BCUT2D eigenvalue weighted by Crippen LogP contribution is -2.45. The molecule has 2 aliphatic rings. The van der Waals surface area contributed by atoms with E-state index < -0.39 is 0 Å². The molecule has 1 heterocycles. The Balaban J connectivity index is 1.99. The summed E-state index contributed by atoms with van der Waals surface area (Å²) in [4.78, 5) is 0. The first-order valence-corrected chi connectivity index (χ1v) is 11.5. The molecular weight excluding hydrogens is 435 g/mol. The second kappa shape index (κ2) is 7.37. The number of hydrogen-bond acceptors (Lipinski definition) is 2. The number of aromatic hydroxyl groups is 1. The van der Waals surface area contributed by atoms with Crippen LogP contribution in [0, 0.1) is 5.92 Å². The molecule has 3 rings (SSSR count). The fourth-order valence-corrected chi connectivity index (χ4v) is 5.30.